The maximum atomic E-state index is 5.61. The van der Waals surface area contributed by atoms with Gasteiger partial charge in [0.05, 0.1) is 0 Å². The Labute approximate surface area is 142 Å². The minimum absolute atomic E-state index is 0. The second-order valence-electron chi connectivity index (χ2n) is 5.48. The van der Waals surface area contributed by atoms with Crippen molar-refractivity contribution in [3.63, 3.8) is 0 Å². The molecule has 3 nitrogen and oxygen atoms in total. The van der Waals surface area contributed by atoms with E-state index in [1.165, 1.54) is 44.2 Å². The predicted molar refractivity (Wildman–Crippen MR) is 95.2 cm³/mol. The Bertz CT molecular complexity index is 324. The Balaban J connectivity index is 0.00000400. The van der Waals surface area contributed by atoms with Gasteiger partial charge in [-0.15, -0.1) is 0 Å². The number of hydrogen-bond acceptors (Lipinski definition) is 3. The zero-order chi connectivity index (χ0) is 14.5. The molecule has 1 rings (SSSR count). The molecule has 0 saturated heterocycles. The first-order valence-corrected chi connectivity index (χ1v) is 8.08. The summed E-state index contributed by atoms with van der Waals surface area (Å²) in [6.07, 6.45) is 20.3. The van der Waals surface area contributed by atoms with E-state index in [0.717, 1.165) is 25.9 Å². The number of unbranched alkanes of at least 4 members (excludes halogenated alkanes) is 4. The van der Waals surface area contributed by atoms with Crippen LogP contribution in [0.4, 0.5) is 0 Å². The quantitative estimate of drug-likeness (QED) is 0.404. The van der Waals surface area contributed by atoms with Gasteiger partial charge in [-0.25, -0.2) is 0 Å². The van der Waals surface area contributed by atoms with Gasteiger partial charge in [-0.3, -0.25) is 0 Å². The molecule has 0 aromatic carbocycles. The molecule has 0 spiro atoms. The molecule has 5 N–H and O–H groups in total. The fourth-order valence-electron chi connectivity index (χ4n) is 2.60. The summed E-state index contributed by atoms with van der Waals surface area (Å²) < 4.78 is 0. The average molecular weight is 285 g/mol. The van der Waals surface area contributed by atoms with Crippen molar-refractivity contribution in [2.45, 2.75) is 51.4 Å². The van der Waals surface area contributed by atoms with Gasteiger partial charge in [0.2, 0.25) is 0 Å². The summed E-state index contributed by atoms with van der Waals surface area (Å²) >= 11 is 0. The van der Waals surface area contributed by atoms with Crippen LogP contribution in [-0.4, -0.2) is 32.0 Å². The molecule has 1 atom stereocenters. The van der Waals surface area contributed by atoms with Crippen molar-refractivity contribution in [2.75, 3.05) is 13.1 Å². The van der Waals surface area contributed by atoms with Gasteiger partial charge < -0.3 is 16.8 Å². The Morgan fingerprint density at radius 1 is 0.810 bits per heavy atom. The zero-order valence-electron chi connectivity index (χ0n) is 12.7. The standard InChI is InChI=1S/C17H31N3.Li.H/c18-13-7-2-1-4-10-16(11-6-8-14-19)17-12-5-3-9-15-20-17;;/h3,5,9,12,15-16,20H,1-2,4,6-8,10-11,13-14,18-19H2;;. The van der Waals surface area contributed by atoms with Crippen molar-refractivity contribution in [3.05, 3.63) is 36.2 Å². The Morgan fingerprint density at radius 3 is 2.14 bits per heavy atom. The van der Waals surface area contributed by atoms with Crippen LogP contribution in [-0.2, 0) is 0 Å². The van der Waals surface area contributed by atoms with Crippen LogP contribution < -0.4 is 16.8 Å². The molecule has 0 aliphatic carbocycles. The van der Waals surface area contributed by atoms with Crippen molar-refractivity contribution in [1.82, 2.24) is 5.32 Å². The third-order valence-electron chi connectivity index (χ3n) is 3.80. The second kappa shape index (κ2) is 14.5. The maximum absolute atomic E-state index is 5.61. The van der Waals surface area contributed by atoms with Crippen molar-refractivity contribution in [3.8, 4) is 0 Å². The number of rotatable bonds is 11. The van der Waals surface area contributed by atoms with E-state index in [1.807, 2.05) is 12.3 Å². The molecule has 1 heterocycles. The number of hydrogen-bond donors (Lipinski definition) is 3. The molecule has 0 bridgehead atoms. The molecule has 0 radical (unpaired) electrons. The van der Waals surface area contributed by atoms with E-state index in [-0.39, 0.29) is 18.9 Å². The van der Waals surface area contributed by atoms with Crippen molar-refractivity contribution >= 4 is 18.9 Å². The first-order chi connectivity index (χ1) is 9.88. The Hall–Kier alpha value is -0.463. The summed E-state index contributed by atoms with van der Waals surface area (Å²) in [5, 5.41) is 3.43. The summed E-state index contributed by atoms with van der Waals surface area (Å²) in [6.45, 7) is 1.62. The van der Waals surface area contributed by atoms with Crippen LogP contribution in [0.25, 0.3) is 0 Å². The molecule has 1 aliphatic heterocycles. The Kier molecular flexibility index (Phi) is 14.2. The average Bonchev–Trinajstić information content (AvgIpc) is 2.74. The number of allylic oxidation sites excluding steroid dienone is 5. The van der Waals surface area contributed by atoms with E-state index >= 15 is 0 Å². The molecular formula is C17H32LiN3. The van der Waals surface area contributed by atoms with Crippen molar-refractivity contribution in [2.24, 2.45) is 17.4 Å². The van der Waals surface area contributed by atoms with Crippen LogP contribution in [0.2, 0.25) is 0 Å². The fourth-order valence-corrected chi connectivity index (χ4v) is 2.60. The molecule has 4 heteroatoms. The monoisotopic (exact) mass is 285 g/mol. The summed E-state index contributed by atoms with van der Waals surface area (Å²) in [7, 11) is 0. The third kappa shape index (κ3) is 9.98. The van der Waals surface area contributed by atoms with E-state index in [0.29, 0.717) is 5.92 Å². The number of nitrogens with two attached hydrogens (primary N) is 2. The van der Waals surface area contributed by atoms with E-state index in [1.54, 1.807) is 0 Å². The summed E-state index contributed by atoms with van der Waals surface area (Å²) in [4.78, 5) is 0. The Morgan fingerprint density at radius 2 is 1.43 bits per heavy atom. The topological polar surface area (TPSA) is 64.1 Å². The summed E-state index contributed by atoms with van der Waals surface area (Å²) in [5.74, 6) is 0.631. The zero-order valence-corrected chi connectivity index (χ0v) is 12.7. The van der Waals surface area contributed by atoms with Crippen LogP contribution >= 0.6 is 0 Å². The van der Waals surface area contributed by atoms with Gasteiger partial charge in [-0.1, -0.05) is 37.8 Å². The van der Waals surface area contributed by atoms with E-state index in [4.69, 9.17) is 11.5 Å². The minimum atomic E-state index is 0. The molecular weight excluding hydrogens is 253 g/mol. The molecule has 1 unspecified atom stereocenters. The molecule has 0 fully saturated rings. The molecule has 21 heavy (non-hydrogen) atoms. The number of nitrogens with one attached hydrogen (secondary N) is 1. The summed E-state index contributed by atoms with van der Waals surface area (Å²) in [5.41, 5.74) is 12.5. The van der Waals surface area contributed by atoms with Crippen LogP contribution in [0.3, 0.4) is 0 Å². The normalized spacial score (nSPS) is 14.9. The molecule has 1 aliphatic rings. The van der Waals surface area contributed by atoms with Crippen molar-refractivity contribution < 1.29 is 0 Å². The van der Waals surface area contributed by atoms with Gasteiger partial charge in [-0.2, -0.15) is 0 Å². The molecule has 0 aromatic heterocycles. The van der Waals surface area contributed by atoms with E-state index in [9.17, 15) is 0 Å². The van der Waals surface area contributed by atoms with Crippen LogP contribution in [0, 0.1) is 5.92 Å². The second-order valence-corrected chi connectivity index (χ2v) is 5.48. The van der Waals surface area contributed by atoms with Gasteiger partial charge in [0, 0.05) is 11.9 Å². The third-order valence-corrected chi connectivity index (χ3v) is 3.80. The van der Waals surface area contributed by atoms with Gasteiger partial charge in [-0.05, 0) is 56.8 Å². The van der Waals surface area contributed by atoms with Gasteiger partial charge >= 0.3 is 18.9 Å². The summed E-state index contributed by atoms with van der Waals surface area (Å²) in [6, 6.07) is 0. The van der Waals surface area contributed by atoms with Gasteiger partial charge in [0.15, 0.2) is 0 Å². The molecule has 0 saturated carbocycles. The van der Waals surface area contributed by atoms with Gasteiger partial charge in [0.25, 0.3) is 0 Å². The predicted octanol–water partition coefficient (Wildman–Crippen LogP) is 2.55. The van der Waals surface area contributed by atoms with Gasteiger partial charge in [0.1, 0.15) is 0 Å². The van der Waals surface area contributed by atoms with Crippen molar-refractivity contribution in [1.29, 1.82) is 0 Å². The first kappa shape index (κ1) is 20.5. The molecule has 0 aromatic rings. The van der Waals surface area contributed by atoms with Crippen LogP contribution in [0.5, 0.6) is 0 Å². The van der Waals surface area contributed by atoms with Crippen LogP contribution in [0.15, 0.2) is 36.2 Å². The SMILES string of the molecule is NCCCCCCC(CCCCN)C1=CC=CC=CN1.[LiH]. The fraction of sp³-hybridized carbons (Fsp3) is 0.647. The first-order valence-electron chi connectivity index (χ1n) is 8.08. The van der Waals surface area contributed by atoms with Crippen LogP contribution in [0.1, 0.15) is 51.4 Å². The molecule has 0 amide bonds. The van der Waals surface area contributed by atoms with E-state index < -0.39 is 0 Å². The van der Waals surface area contributed by atoms with E-state index in [2.05, 4.69) is 23.5 Å². The molecule has 116 valence electrons.